The lowest BCUT2D eigenvalue weighted by Crippen LogP contribution is -2.37. The number of nitrogens with zero attached hydrogens (tertiary/aromatic N) is 1. The van der Waals surface area contributed by atoms with Gasteiger partial charge in [-0.2, -0.15) is 0 Å². The highest BCUT2D eigenvalue weighted by Crippen LogP contribution is 2.43. The van der Waals surface area contributed by atoms with Gasteiger partial charge >= 0.3 is 0 Å². The van der Waals surface area contributed by atoms with E-state index in [-0.39, 0.29) is 5.91 Å². The maximum Gasteiger partial charge on any atom is 0.246 e. The molecule has 1 aliphatic rings. The standard InChI is InChI=1S/C23H30N2O4/c1-27-20-15-18-6-4-17(14-19(18)22(28-2)23(20)29-3)5-7-21(26)25-12-9-16(8-11-24)10-13-25/h4-7,14-16H,8-13,24H2,1-3H3. The molecule has 1 saturated heterocycles. The Bertz CT molecular complexity index is 886. The molecule has 2 N–H and O–H groups in total. The predicted octanol–water partition coefficient (Wildman–Crippen LogP) is 3.47. The first kappa shape index (κ1) is 21.0. The molecule has 1 amide bonds. The Hall–Kier alpha value is -2.73. The van der Waals surface area contributed by atoms with E-state index in [1.807, 2.05) is 35.2 Å². The van der Waals surface area contributed by atoms with Crippen LogP contribution in [-0.2, 0) is 4.79 Å². The van der Waals surface area contributed by atoms with Gasteiger partial charge in [-0.15, -0.1) is 0 Å². The van der Waals surface area contributed by atoms with Crippen LogP contribution >= 0.6 is 0 Å². The van der Waals surface area contributed by atoms with E-state index in [4.69, 9.17) is 19.9 Å². The second-order valence-electron chi connectivity index (χ2n) is 7.31. The fourth-order valence-electron chi connectivity index (χ4n) is 3.94. The molecule has 6 nitrogen and oxygen atoms in total. The zero-order chi connectivity index (χ0) is 20.8. The highest BCUT2D eigenvalue weighted by atomic mass is 16.5. The van der Waals surface area contributed by atoms with Gasteiger partial charge in [0, 0.05) is 24.6 Å². The van der Waals surface area contributed by atoms with Crippen LogP contribution in [0.1, 0.15) is 24.8 Å². The first-order valence-corrected chi connectivity index (χ1v) is 10.0. The molecule has 2 aromatic carbocycles. The van der Waals surface area contributed by atoms with Crippen LogP contribution in [0.2, 0.25) is 0 Å². The predicted molar refractivity (Wildman–Crippen MR) is 116 cm³/mol. The van der Waals surface area contributed by atoms with Crippen LogP contribution < -0.4 is 19.9 Å². The van der Waals surface area contributed by atoms with Crippen molar-refractivity contribution in [2.45, 2.75) is 19.3 Å². The van der Waals surface area contributed by atoms with Crippen LogP contribution in [0.15, 0.2) is 30.3 Å². The van der Waals surface area contributed by atoms with Crippen molar-refractivity contribution in [3.8, 4) is 17.2 Å². The summed E-state index contributed by atoms with van der Waals surface area (Å²) in [6.45, 7) is 2.33. The Kier molecular flexibility index (Phi) is 6.99. The quantitative estimate of drug-likeness (QED) is 0.723. The van der Waals surface area contributed by atoms with Crippen LogP contribution in [0.25, 0.3) is 16.8 Å². The molecule has 0 saturated carbocycles. The molecule has 2 aromatic rings. The highest BCUT2D eigenvalue weighted by molar-refractivity contribution is 5.96. The molecule has 0 atom stereocenters. The van der Waals surface area contributed by atoms with E-state index >= 15 is 0 Å². The van der Waals surface area contributed by atoms with Crippen LogP contribution in [0.5, 0.6) is 17.2 Å². The van der Waals surface area contributed by atoms with E-state index in [2.05, 4.69) is 0 Å². The summed E-state index contributed by atoms with van der Waals surface area (Å²) in [6, 6.07) is 7.88. The van der Waals surface area contributed by atoms with Crippen LogP contribution in [0.3, 0.4) is 0 Å². The molecule has 0 aliphatic carbocycles. The number of rotatable bonds is 7. The van der Waals surface area contributed by atoms with Crippen molar-refractivity contribution < 1.29 is 19.0 Å². The minimum Gasteiger partial charge on any atom is -0.493 e. The Morgan fingerprint density at radius 3 is 2.45 bits per heavy atom. The molecule has 156 valence electrons. The molecule has 0 spiro atoms. The SMILES string of the molecule is COc1cc2ccc(C=CC(=O)N3CCC(CCN)CC3)cc2c(OC)c1OC. The molecular weight excluding hydrogens is 368 g/mol. The molecule has 1 fully saturated rings. The molecule has 0 radical (unpaired) electrons. The zero-order valence-corrected chi connectivity index (χ0v) is 17.4. The maximum atomic E-state index is 12.6. The Morgan fingerprint density at radius 1 is 1.10 bits per heavy atom. The van der Waals surface area contributed by atoms with Gasteiger partial charge in [-0.05, 0) is 60.9 Å². The van der Waals surface area contributed by atoms with E-state index in [1.165, 1.54) is 0 Å². The number of benzene rings is 2. The van der Waals surface area contributed by atoms with E-state index in [0.717, 1.165) is 55.2 Å². The zero-order valence-electron chi connectivity index (χ0n) is 17.4. The van der Waals surface area contributed by atoms with E-state index in [0.29, 0.717) is 23.2 Å². The summed E-state index contributed by atoms with van der Waals surface area (Å²) in [5.74, 6) is 2.49. The van der Waals surface area contributed by atoms with E-state index < -0.39 is 0 Å². The first-order valence-electron chi connectivity index (χ1n) is 10.0. The van der Waals surface area contributed by atoms with Crippen LogP contribution in [-0.4, -0.2) is 51.8 Å². The number of likely N-dealkylation sites (tertiary alicyclic amines) is 1. The monoisotopic (exact) mass is 398 g/mol. The highest BCUT2D eigenvalue weighted by Gasteiger charge is 2.21. The van der Waals surface area contributed by atoms with Gasteiger partial charge in [-0.25, -0.2) is 0 Å². The second-order valence-corrected chi connectivity index (χ2v) is 7.31. The third kappa shape index (κ3) is 4.65. The van der Waals surface area contributed by atoms with Crippen molar-refractivity contribution in [2.75, 3.05) is 41.0 Å². The van der Waals surface area contributed by atoms with Crippen molar-refractivity contribution in [3.05, 3.63) is 35.9 Å². The number of ether oxygens (including phenoxy) is 3. The van der Waals surface area contributed by atoms with Crippen molar-refractivity contribution in [3.63, 3.8) is 0 Å². The van der Waals surface area contributed by atoms with Crippen molar-refractivity contribution in [1.82, 2.24) is 4.90 Å². The molecule has 0 aromatic heterocycles. The number of nitrogens with two attached hydrogens (primary N) is 1. The number of hydrogen-bond donors (Lipinski definition) is 1. The minimum atomic E-state index is 0.0515. The third-order valence-corrected chi connectivity index (χ3v) is 5.59. The maximum absolute atomic E-state index is 12.6. The molecule has 29 heavy (non-hydrogen) atoms. The average Bonchev–Trinajstić information content (AvgIpc) is 2.76. The summed E-state index contributed by atoms with van der Waals surface area (Å²) in [5, 5.41) is 1.88. The van der Waals surface area contributed by atoms with Crippen molar-refractivity contribution in [1.29, 1.82) is 0 Å². The minimum absolute atomic E-state index is 0.0515. The summed E-state index contributed by atoms with van der Waals surface area (Å²) in [7, 11) is 4.80. The topological polar surface area (TPSA) is 74.0 Å². The number of methoxy groups -OCH3 is 3. The van der Waals surface area contributed by atoms with Gasteiger partial charge in [-0.3, -0.25) is 4.79 Å². The lowest BCUT2D eigenvalue weighted by atomic mass is 9.93. The van der Waals surface area contributed by atoms with Gasteiger partial charge in [0.15, 0.2) is 11.5 Å². The van der Waals surface area contributed by atoms with Gasteiger partial charge in [0.2, 0.25) is 11.7 Å². The van der Waals surface area contributed by atoms with Gasteiger partial charge in [0.1, 0.15) is 0 Å². The second kappa shape index (κ2) is 9.65. The average molecular weight is 399 g/mol. The van der Waals surface area contributed by atoms with Gasteiger partial charge in [-0.1, -0.05) is 12.1 Å². The van der Waals surface area contributed by atoms with Gasteiger partial charge in [0.25, 0.3) is 0 Å². The normalized spacial score (nSPS) is 15.1. The summed E-state index contributed by atoms with van der Waals surface area (Å²) in [5.41, 5.74) is 6.57. The van der Waals surface area contributed by atoms with Crippen molar-refractivity contribution >= 4 is 22.8 Å². The smallest absolute Gasteiger partial charge is 0.246 e. The number of amides is 1. The number of piperidine rings is 1. The summed E-state index contributed by atoms with van der Waals surface area (Å²) < 4.78 is 16.5. The number of carbonyl (C=O) groups excluding carboxylic acids is 1. The molecular formula is C23H30N2O4. The third-order valence-electron chi connectivity index (χ3n) is 5.59. The van der Waals surface area contributed by atoms with Crippen molar-refractivity contribution in [2.24, 2.45) is 11.7 Å². The first-order chi connectivity index (χ1) is 14.1. The molecule has 1 heterocycles. The van der Waals surface area contributed by atoms with Crippen LogP contribution in [0, 0.1) is 5.92 Å². The molecule has 6 heteroatoms. The number of carbonyl (C=O) groups is 1. The molecule has 1 aliphatic heterocycles. The lowest BCUT2D eigenvalue weighted by Gasteiger charge is -2.31. The largest absolute Gasteiger partial charge is 0.493 e. The fourth-order valence-corrected chi connectivity index (χ4v) is 3.94. The molecule has 3 rings (SSSR count). The fraction of sp³-hybridized carbons (Fsp3) is 0.435. The van der Waals surface area contributed by atoms with Gasteiger partial charge in [0.05, 0.1) is 21.3 Å². The Balaban J connectivity index is 1.79. The van der Waals surface area contributed by atoms with E-state index in [1.54, 1.807) is 27.4 Å². The molecule has 0 bridgehead atoms. The number of fused-ring (bicyclic) bond motifs is 1. The lowest BCUT2D eigenvalue weighted by molar-refractivity contribution is -0.127. The Morgan fingerprint density at radius 2 is 1.83 bits per heavy atom. The molecule has 0 unspecified atom stereocenters. The summed E-state index contributed by atoms with van der Waals surface area (Å²) in [4.78, 5) is 14.5. The number of hydrogen-bond acceptors (Lipinski definition) is 5. The van der Waals surface area contributed by atoms with E-state index in [9.17, 15) is 4.79 Å². The van der Waals surface area contributed by atoms with Gasteiger partial charge < -0.3 is 24.8 Å². The summed E-state index contributed by atoms with van der Waals surface area (Å²) in [6.07, 6.45) is 6.61. The Labute approximate surface area is 172 Å². The van der Waals surface area contributed by atoms with Crippen LogP contribution in [0.4, 0.5) is 0 Å². The summed E-state index contributed by atoms with van der Waals surface area (Å²) >= 11 is 0.